The molecular formula is C26H31N3O5. The third-order valence-electron chi connectivity index (χ3n) is 6.66. The highest BCUT2D eigenvalue weighted by molar-refractivity contribution is 5.87. The van der Waals surface area contributed by atoms with Gasteiger partial charge in [0.1, 0.15) is 12.6 Å². The molecule has 0 aromatic heterocycles. The van der Waals surface area contributed by atoms with E-state index in [1.165, 1.54) is 0 Å². The van der Waals surface area contributed by atoms with Gasteiger partial charge in [0, 0.05) is 18.5 Å². The Morgan fingerprint density at radius 3 is 2.24 bits per heavy atom. The van der Waals surface area contributed by atoms with Crippen LogP contribution in [-0.2, 0) is 14.3 Å². The second kappa shape index (κ2) is 10.3. The third-order valence-corrected chi connectivity index (χ3v) is 6.66. The average molecular weight is 466 g/mol. The normalized spacial score (nSPS) is 19.9. The lowest BCUT2D eigenvalue weighted by molar-refractivity contribution is -0.142. The summed E-state index contributed by atoms with van der Waals surface area (Å²) in [5.74, 6) is -1.98. The highest BCUT2D eigenvalue weighted by atomic mass is 16.5. The lowest BCUT2D eigenvalue weighted by Gasteiger charge is -2.25. The van der Waals surface area contributed by atoms with Crippen molar-refractivity contribution in [3.8, 4) is 11.1 Å². The molecule has 1 saturated carbocycles. The van der Waals surface area contributed by atoms with Gasteiger partial charge in [-0.25, -0.2) is 4.79 Å². The summed E-state index contributed by atoms with van der Waals surface area (Å²) in [6.07, 6.45) is 1.23. The van der Waals surface area contributed by atoms with Crippen LogP contribution < -0.4 is 10.6 Å². The number of nitrogens with zero attached hydrogens (tertiary/aromatic N) is 1. The summed E-state index contributed by atoms with van der Waals surface area (Å²) in [4.78, 5) is 38.9. The number of hydrogen-bond donors (Lipinski definition) is 3. The number of ether oxygens (including phenoxy) is 1. The lowest BCUT2D eigenvalue weighted by Crippen LogP contribution is -2.54. The molecule has 3 N–H and O–H groups in total. The standard InChI is InChI=1S/C26H31N3O5/c1-29(2)14-23(24(30)27-22-13-7-12-20(22)25(31)32)28-26(33)34-15-21-18-10-5-3-8-16(18)17-9-4-6-11-19(17)21/h3-6,8-11,20-23H,7,12-15H2,1-2H3,(H,27,30)(H,28,33)(H,31,32)/t20-,22+,23?/m1/s1. The minimum atomic E-state index is -0.906. The van der Waals surface area contributed by atoms with Crippen molar-refractivity contribution < 1.29 is 24.2 Å². The molecule has 2 aromatic rings. The first kappa shape index (κ1) is 23.8. The van der Waals surface area contributed by atoms with Crippen LogP contribution in [-0.4, -0.2) is 67.3 Å². The van der Waals surface area contributed by atoms with E-state index in [0.29, 0.717) is 12.8 Å². The van der Waals surface area contributed by atoms with E-state index in [1.54, 1.807) is 19.0 Å². The number of alkyl carbamates (subject to hydrolysis) is 1. The Morgan fingerprint density at radius 1 is 1.03 bits per heavy atom. The Kier molecular flexibility index (Phi) is 7.17. The molecule has 0 aliphatic heterocycles. The minimum Gasteiger partial charge on any atom is -0.481 e. The number of hydrogen-bond acceptors (Lipinski definition) is 5. The van der Waals surface area contributed by atoms with E-state index < -0.39 is 36.0 Å². The van der Waals surface area contributed by atoms with Crippen LogP contribution in [0.3, 0.4) is 0 Å². The number of nitrogens with one attached hydrogen (secondary N) is 2. The van der Waals surface area contributed by atoms with E-state index in [9.17, 15) is 19.5 Å². The van der Waals surface area contributed by atoms with Gasteiger partial charge in [-0.05, 0) is 49.2 Å². The van der Waals surface area contributed by atoms with Gasteiger partial charge in [0.25, 0.3) is 0 Å². The number of carboxylic acids is 1. The molecule has 2 aliphatic rings. The smallest absolute Gasteiger partial charge is 0.407 e. The molecule has 0 radical (unpaired) electrons. The van der Waals surface area contributed by atoms with E-state index in [4.69, 9.17) is 4.74 Å². The number of carbonyl (C=O) groups excluding carboxylic acids is 2. The summed E-state index contributed by atoms with van der Waals surface area (Å²) in [5.41, 5.74) is 4.50. The molecule has 0 spiro atoms. The van der Waals surface area contributed by atoms with Crippen LogP contribution in [0.25, 0.3) is 11.1 Å². The Bertz CT molecular complexity index is 1020. The molecule has 3 atom stereocenters. The van der Waals surface area contributed by atoms with Gasteiger partial charge in [-0.1, -0.05) is 55.0 Å². The molecule has 8 nitrogen and oxygen atoms in total. The molecule has 34 heavy (non-hydrogen) atoms. The highest BCUT2D eigenvalue weighted by Gasteiger charge is 2.36. The molecule has 0 bridgehead atoms. The second-order valence-electron chi connectivity index (χ2n) is 9.28. The quantitative estimate of drug-likeness (QED) is 0.553. The van der Waals surface area contributed by atoms with Crippen LogP contribution in [0.15, 0.2) is 48.5 Å². The van der Waals surface area contributed by atoms with Crippen molar-refractivity contribution in [3.63, 3.8) is 0 Å². The zero-order valence-electron chi connectivity index (χ0n) is 19.5. The second-order valence-corrected chi connectivity index (χ2v) is 9.28. The van der Waals surface area contributed by atoms with Gasteiger partial charge >= 0.3 is 12.1 Å². The first-order valence-electron chi connectivity index (χ1n) is 11.6. The predicted octanol–water partition coefficient (Wildman–Crippen LogP) is 2.82. The van der Waals surface area contributed by atoms with Gasteiger partial charge in [0.05, 0.1) is 5.92 Å². The van der Waals surface area contributed by atoms with Crippen LogP contribution in [0.4, 0.5) is 4.79 Å². The van der Waals surface area contributed by atoms with Gasteiger partial charge in [-0.2, -0.15) is 0 Å². The number of likely N-dealkylation sites (N-methyl/N-ethyl adjacent to an activating group) is 1. The van der Waals surface area contributed by atoms with Crippen molar-refractivity contribution in [1.82, 2.24) is 15.5 Å². The SMILES string of the molecule is CN(C)CC(NC(=O)OCC1c2ccccc2-c2ccccc21)C(=O)N[C@H]1CCC[C@H]1C(=O)O. The maximum absolute atomic E-state index is 12.9. The summed E-state index contributed by atoms with van der Waals surface area (Å²) in [7, 11) is 3.60. The van der Waals surface area contributed by atoms with Crippen molar-refractivity contribution in [2.45, 2.75) is 37.3 Å². The van der Waals surface area contributed by atoms with Crippen molar-refractivity contribution >= 4 is 18.0 Å². The molecule has 2 amide bonds. The Morgan fingerprint density at radius 2 is 1.65 bits per heavy atom. The largest absolute Gasteiger partial charge is 0.481 e. The van der Waals surface area contributed by atoms with E-state index in [1.807, 2.05) is 36.4 Å². The molecule has 1 fully saturated rings. The summed E-state index contributed by atoms with van der Waals surface area (Å²) in [6.45, 7) is 0.417. The fourth-order valence-electron chi connectivity index (χ4n) is 5.05. The fraction of sp³-hybridized carbons (Fsp3) is 0.423. The highest BCUT2D eigenvalue weighted by Crippen LogP contribution is 2.44. The molecule has 0 saturated heterocycles. The third kappa shape index (κ3) is 5.07. The maximum Gasteiger partial charge on any atom is 0.407 e. The Balaban J connectivity index is 1.40. The fourth-order valence-corrected chi connectivity index (χ4v) is 5.05. The summed E-state index contributed by atoms with van der Waals surface area (Å²) < 4.78 is 5.59. The molecular weight excluding hydrogens is 434 g/mol. The number of rotatable bonds is 8. The molecule has 2 aliphatic carbocycles. The van der Waals surface area contributed by atoms with Crippen molar-refractivity contribution in [1.29, 1.82) is 0 Å². The number of aliphatic carboxylic acids is 1. The van der Waals surface area contributed by atoms with Crippen molar-refractivity contribution in [2.24, 2.45) is 5.92 Å². The first-order chi connectivity index (χ1) is 16.3. The summed E-state index contributed by atoms with van der Waals surface area (Å²) in [6, 6.07) is 14.9. The number of fused-ring (bicyclic) bond motifs is 3. The molecule has 180 valence electrons. The first-order valence-corrected chi connectivity index (χ1v) is 11.6. The van der Waals surface area contributed by atoms with E-state index in [-0.39, 0.29) is 19.1 Å². The van der Waals surface area contributed by atoms with Crippen molar-refractivity contribution in [3.05, 3.63) is 59.7 Å². The topological polar surface area (TPSA) is 108 Å². The summed E-state index contributed by atoms with van der Waals surface area (Å²) >= 11 is 0. The zero-order valence-corrected chi connectivity index (χ0v) is 19.5. The van der Waals surface area contributed by atoms with E-state index >= 15 is 0 Å². The van der Waals surface area contributed by atoms with E-state index in [0.717, 1.165) is 28.7 Å². The minimum absolute atomic E-state index is 0.0749. The zero-order chi connectivity index (χ0) is 24.2. The maximum atomic E-state index is 12.9. The molecule has 2 aromatic carbocycles. The molecule has 0 heterocycles. The van der Waals surface area contributed by atoms with Crippen LogP contribution in [0, 0.1) is 5.92 Å². The van der Waals surface area contributed by atoms with Gasteiger partial charge in [-0.3, -0.25) is 9.59 Å². The van der Waals surface area contributed by atoms with Gasteiger partial charge in [0.15, 0.2) is 0 Å². The van der Waals surface area contributed by atoms with E-state index in [2.05, 4.69) is 22.8 Å². The van der Waals surface area contributed by atoms with Gasteiger partial charge in [-0.15, -0.1) is 0 Å². The predicted molar refractivity (Wildman–Crippen MR) is 127 cm³/mol. The molecule has 4 rings (SSSR count). The van der Waals surface area contributed by atoms with Crippen molar-refractivity contribution in [2.75, 3.05) is 27.2 Å². The number of carboxylic acid groups (broad SMARTS) is 1. The lowest BCUT2D eigenvalue weighted by atomic mass is 9.98. The number of benzene rings is 2. The van der Waals surface area contributed by atoms with Gasteiger partial charge < -0.3 is 25.4 Å². The van der Waals surface area contributed by atoms with Gasteiger partial charge in [0.2, 0.25) is 5.91 Å². The van der Waals surface area contributed by atoms with Crippen LogP contribution in [0.5, 0.6) is 0 Å². The van der Waals surface area contributed by atoms with Crippen LogP contribution in [0.2, 0.25) is 0 Å². The van der Waals surface area contributed by atoms with Crippen LogP contribution in [0.1, 0.15) is 36.3 Å². The summed E-state index contributed by atoms with van der Waals surface area (Å²) in [5, 5.41) is 14.9. The number of amides is 2. The molecule has 1 unspecified atom stereocenters. The number of carbonyl (C=O) groups is 3. The average Bonchev–Trinajstić information content (AvgIpc) is 3.39. The van der Waals surface area contributed by atoms with Crippen LogP contribution >= 0.6 is 0 Å². The molecule has 8 heteroatoms. The Labute approximate surface area is 199 Å². The Hall–Kier alpha value is -3.39. The monoisotopic (exact) mass is 465 g/mol.